The summed E-state index contributed by atoms with van der Waals surface area (Å²) in [5.41, 5.74) is 4.55. The first kappa shape index (κ1) is 14.6. The van der Waals surface area contributed by atoms with Crippen LogP contribution in [0.2, 0.25) is 0 Å². The molecule has 2 heterocycles. The molecule has 1 amide bonds. The number of hydrazone groups is 1. The molecule has 0 spiro atoms. The second-order valence-electron chi connectivity index (χ2n) is 5.66. The molecule has 116 valence electrons. The molecule has 1 aliphatic carbocycles. The molecule has 6 heteroatoms. The number of H-pyrrole nitrogens is 1. The third kappa shape index (κ3) is 3.27. The van der Waals surface area contributed by atoms with E-state index in [9.17, 15) is 4.79 Å². The van der Waals surface area contributed by atoms with Crippen LogP contribution in [0.25, 0.3) is 0 Å². The number of amides is 1. The maximum Gasteiger partial charge on any atom is 0.291 e. The summed E-state index contributed by atoms with van der Waals surface area (Å²) in [4.78, 5) is 12.1. The first-order valence-corrected chi connectivity index (χ1v) is 7.68. The van der Waals surface area contributed by atoms with E-state index in [1.807, 2.05) is 6.07 Å². The van der Waals surface area contributed by atoms with E-state index in [-0.39, 0.29) is 5.91 Å². The fourth-order valence-corrected chi connectivity index (χ4v) is 2.81. The molecule has 0 saturated heterocycles. The van der Waals surface area contributed by atoms with Gasteiger partial charge in [0.2, 0.25) is 0 Å². The highest BCUT2D eigenvalue weighted by Gasteiger charge is 2.19. The van der Waals surface area contributed by atoms with Gasteiger partial charge in [0.25, 0.3) is 5.91 Å². The van der Waals surface area contributed by atoms with Gasteiger partial charge >= 0.3 is 0 Å². The average molecular weight is 300 g/mol. The van der Waals surface area contributed by atoms with Gasteiger partial charge in [-0.3, -0.25) is 9.89 Å². The molecule has 1 aliphatic rings. The first-order chi connectivity index (χ1) is 10.7. The first-order valence-electron chi connectivity index (χ1n) is 7.68. The summed E-state index contributed by atoms with van der Waals surface area (Å²) in [6.07, 6.45) is 7.70. The quantitative estimate of drug-likeness (QED) is 0.672. The number of aromatic nitrogens is 2. The second-order valence-corrected chi connectivity index (χ2v) is 5.66. The number of hydrogen-bond acceptors (Lipinski definition) is 4. The van der Waals surface area contributed by atoms with Crippen molar-refractivity contribution in [1.82, 2.24) is 15.6 Å². The van der Waals surface area contributed by atoms with Gasteiger partial charge in [-0.25, -0.2) is 5.43 Å². The van der Waals surface area contributed by atoms with Crippen molar-refractivity contribution in [1.29, 1.82) is 0 Å². The zero-order chi connectivity index (χ0) is 15.4. The molecule has 0 atom stereocenters. The zero-order valence-electron chi connectivity index (χ0n) is 12.6. The number of carbonyl (C=O) groups is 1. The van der Waals surface area contributed by atoms with Crippen molar-refractivity contribution >= 4 is 11.6 Å². The molecular weight excluding hydrogens is 280 g/mol. The van der Waals surface area contributed by atoms with E-state index >= 15 is 0 Å². The van der Waals surface area contributed by atoms with Crippen LogP contribution < -0.4 is 5.43 Å². The fourth-order valence-electron chi connectivity index (χ4n) is 2.81. The predicted molar refractivity (Wildman–Crippen MR) is 82.8 cm³/mol. The highest BCUT2D eigenvalue weighted by atomic mass is 16.3. The second kappa shape index (κ2) is 6.60. The minimum absolute atomic E-state index is 0.316. The number of aromatic amines is 1. The molecule has 1 saturated carbocycles. The maximum atomic E-state index is 12.1. The Morgan fingerprint density at radius 3 is 2.95 bits per heavy atom. The largest absolute Gasteiger partial charge is 0.463 e. The van der Waals surface area contributed by atoms with Gasteiger partial charge in [-0.2, -0.15) is 10.2 Å². The highest BCUT2D eigenvalue weighted by molar-refractivity contribution is 5.98. The molecule has 0 aliphatic heterocycles. The zero-order valence-corrected chi connectivity index (χ0v) is 12.6. The normalized spacial score (nSPS) is 16.7. The lowest BCUT2D eigenvalue weighted by molar-refractivity contribution is 0.0950. The number of hydrogen-bond donors (Lipinski definition) is 2. The lowest BCUT2D eigenvalue weighted by Crippen LogP contribution is -2.19. The minimum atomic E-state index is -0.316. The minimum Gasteiger partial charge on any atom is -0.463 e. The molecule has 2 aromatic heterocycles. The molecule has 2 aromatic rings. The maximum absolute atomic E-state index is 12.1. The fraction of sp³-hybridized carbons (Fsp3) is 0.438. The van der Waals surface area contributed by atoms with Gasteiger partial charge < -0.3 is 4.42 Å². The van der Waals surface area contributed by atoms with E-state index in [4.69, 9.17) is 4.42 Å². The molecular formula is C16H20N4O2. The van der Waals surface area contributed by atoms with Crippen molar-refractivity contribution in [3.8, 4) is 0 Å². The summed E-state index contributed by atoms with van der Waals surface area (Å²) in [7, 11) is 0. The van der Waals surface area contributed by atoms with Gasteiger partial charge in [0, 0.05) is 11.6 Å². The molecule has 0 aromatic carbocycles. The summed E-state index contributed by atoms with van der Waals surface area (Å²) in [6.45, 7) is 1.77. The number of nitrogens with one attached hydrogen (secondary N) is 2. The van der Waals surface area contributed by atoms with Crippen LogP contribution in [-0.4, -0.2) is 21.8 Å². The summed E-state index contributed by atoms with van der Waals surface area (Å²) < 4.78 is 5.21. The molecule has 0 bridgehead atoms. The number of carbonyl (C=O) groups excluding carboxylic acids is 1. The standard InChI is InChI=1S/C16H20N4O2/c1-11(15-8-5-9-22-15)17-20-16(21)14-10-13(18-19-14)12-6-3-2-4-7-12/h5,8-10,12H,2-4,6-7H2,1H3,(H,18,19)(H,20,21)/b17-11+. The van der Waals surface area contributed by atoms with Crippen LogP contribution in [0.5, 0.6) is 0 Å². The Morgan fingerprint density at radius 2 is 2.23 bits per heavy atom. The van der Waals surface area contributed by atoms with Crippen LogP contribution in [0.4, 0.5) is 0 Å². The van der Waals surface area contributed by atoms with Gasteiger partial charge in [-0.05, 0) is 38.0 Å². The lowest BCUT2D eigenvalue weighted by Gasteiger charge is -2.19. The van der Waals surface area contributed by atoms with Crippen LogP contribution in [0, 0.1) is 0 Å². The van der Waals surface area contributed by atoms with Crippen molar-refractivity contribution in [2.75, 3.05) is 0 Å². The molecule has 6 nitrogen and oxygen atoms in total. The van der Waals surface area contributed by atoms with Crippen LogP contribution in [0.3, 0.4) is 0 Å². The van der Waals surface area contributed by atoms with E-state index in [2.05, 4.69) is 20.7 Å². The third-order valence-electron chi connectivity index (χ3n) is 4.08. The Morgan fingerprint density at radius 1 is 1.41 bits per heavy atom. The van der Waals surface area contributed by atoms with E-state index in [0.29, 0.717) is 23.1 Å². The third-order valence-corrected chi connectivity index (χ3v) is 4.08. The summed E-state index contributed by atoms with van der Waals surface area (Å²) in [5, 5.41) is 11.1. The van der Waals surface area contributed by atoms with Crippen LogP contribution in [0.1, 0.15) is 66.9 Å². The van der Waals surface area contributed by atoms with Crippen molar-refractivity contribution in [3.05, 3.63) is 41.6 Å². The highest BCUT2D eigenvalue weighted by Crippen LogP contribution is 2.31. The van der Waals surface area contributed by atoms with Crippen molar-refractivity contribution < 1.29 is 9.21 Å². The Bertz CT molecular complexity index is 652. The van der Waals surface area contributed by atoms with Crippen molar-refractivity contribution in [2.24, 2.45) is 5.10 Å². The summed E-state index contributed by atoms with van der Waals surface area (Å²) in [5.74, 6) is 0.811. The Hall–Kier alpha value is -2.37. The van der Waals surface area contributed by atoms with Crippen molar-refractivity contribution in [2.45, 2.75) is 44.9 Å². The van der Waals surface area contributed by atoms with E-state index in [0.717, 1.165) is 5.69 Å². The van der Waals surface area contributed by atoms with Crippen LogP contribution >= 0.6 is 0 Å². The van der Waals surface area contributed by atoms with Gasteiger partial charge in [-0.1, -0.05) is 19.3 Å². The van der Waals surface area contributed by atoms with E-state index < -0.39 is 0 Å². The Labute approximate surface area is 129 Å². The van der Waals surface area contributed by atoms with Crippen molar-refractivity contribution in [3.63, 3.8) is 0 Å². The Balaban J connectivity index is 1.63. The molecule has 0 radical (unpaired) electrons. The van der Waals surface area contributed by atoms with E-state index in [1.165, 1.54) is 32.1 Å². The molecule has 3 rings (SSSR count). The Kier molecular flexibility index (Phi) is 4.37. The van der Waals surface area contributed by atoms with Gasteiger partial charge in [0.1, 0.15) is 11.5 Å². The smallest absolute Gasteiger partial charge is 0.291 e. The van der Waals surface area contributed by atoms with Gasteiger partial charge in [0.05, 0.1) is 6.26 Å². The molecule has 2 N–H and O–H groups in total. The topological polar surface area (TPSA) is 83.3 Å². The predicted octanol–water partition coefficient (Wildman–Crippen LogP) is 3.20. The SMILES string of the molecule is C/C(=N\NC(=O)c1cc(C2CCCCC2)[nH]n1)c1ccco1. The molecule has 22 heavy (non-hydrogen) atoms. The monoisotopic (exact) mass is 300 g/mol. The average Bonchev–Trinajstić information content (AvgIpc) is 3.24. The van der Waals surface area contributed by atoms with Gasteiger partial charge in [-0.15, -0.1) is 0 Å². The molecule has 0 unspecified atom stereocenters. The summed E-state index contributed by atoms with van der Waals surface area (Å²) >= 11 is 0. The van der Waals surface area contributed by atoms with Crippen LogP contribution in [0.15, 0.2) is 34.0 Å². The van der Waals surface area contributed by atoms with Gasteiger partial charge in [0.15, 0.2) is 5.69 Å². The van der Waals surface area contributed by atoms with Crippen LogP contribution in [-0.2, 0) is 0 Å². The number of rotatable bonds is 4. The number of furan rings is 1. The number of nitrogens with zero attached hydrogens (tertiary/aromatic N) is 2. The van der Waals surface area contributed by atoms with E-state index in [1.54, 1.807) is 25.3 Å². The lowest BCUT2D eigenvalue weighted by atomic mass is 9.87. The summed E-state index contributed by atoms with van der Waals surface area (Å²) in [6, 6.07) is 5.41. The molecule has 1 fully saturated rings.